The van der Waals surface area contributed by atoms with Crippen LogP contribution in [-0.2, 0) is 17.6 Å². The van der Waals surface area contributed by atoms with Gasteiger partial charge in [-0.25, -0.2) is 4.98 Å². The molecule has 148 valence electrons. The van der Waals surface area contributed by atoms with Crippen LogP contribution in [0.5, 0.6) is 0 Å². The van der Waals surface area contributed by atoms with Crippen molar-refractivity contribution >= 4 is 17.2 Å². The number of hydrogen-bond donors (Lipinski definition) is 1. The van der Waals surface area contributed by atoms with Gasteiger partial charge in [0.2, 0.25) is 17.7 Å². The Morgan fingerprint density at radius 2 is 1.67 bits per heavy atom. The molecule has 7 nitrogen and oxygen atoms in total. The molecule has 0 aliphatic heterocycles. The molecule has 0 saturated carbocycles. The van der Waals surface area contributed by atoms with Gasteiger partial charge in [-0.2, -0.15) is 5.26 Å². The molecule has 0 bridgehead atoms. The maximum atomic E-state index is 11.7. The smallest absolute Gasteiger partial charge is 0.230 e. The summed E-state index contributed by atoms with van der Waals surface area (Å²) in [4.78, 5) is 17.6. The van der Waals surface area contributed by atoms with Gasteiger partial charge in [-0.3, -0.25) is 4.79 Å². The van der Waals surface area contributed by atoms with Crippen molar-refractivity contribution < 1.29 is 9.21 Å². The van der Waals surface area contributed by atoms with Crippen molar-refractivity contribution in [3.63, 3.8) is 0 Å². The number of nitriles is 1. The molecule has 0 atom stereocenters. The molecule has 0 aliphatic rings. The number of benzene rings is 2. The van der Waals surface area contributed by atoms with Gasteiger partial charge in [-0.1, -0.05) is 60.7 Å². The van der Waals surface area contributed by atoms with Crippen molar-refractivity contribution in [2.75, 3.05) is 6.54 Å². The molecule has 0 radical (unpaired) electrons. The van der Waals surface area contributed by atoms with Crippen molar-refractivity contribution in [1.29, 1.82) is 5.26 Å². The second-order valence-corrected chi connectivity index (χ2v) is 7.48. The van der Waals surface area contributed by atoms with Crippen LogP contribution in [0.2, 0.25) is 0 Å². The van der Waals surface area contributed by atoms with Crippen LogP contribution in [0.4, 0.5) is 0 Å². The summed E-state index contributed by atoms with van der Waals surface area (Å²) in [5.41, 5.74) is 3.05. The van der Waals surface area contributed by atoms with E-state index in [4.69, 9.17) is 14.7 Å². The highest BCUT2D eigenvalue weighted by atomic mass is 32.1. The van der Waals surface area contributed by atoms with E-state index in [1.165, 1.54) is 0 Å². The minimum atomic E-state index is -0.335. The topological polar surface area (TPSA) is 105 Å². The number of nitrogens with zero attached hydrogens (tertiary/aromatic N) is 4. The molecule has 2 aromatic carbocycles. The zero-order chi connectivity index (χ0) is 20.8. The first-order valence-electron chi connectivity index (χ1n) is 9.28. The minimum absolute atomic E-state index is 0.0521. The Bertz CT molecular complexity index is 1120. The van der Waals surface area contributed by atoms with Gasteiger partial charge in [0.15, 0.2) is 0 Å². The van der Waals surface area contributed by atoms with Crippen LogP contribution >= 0.6 is 11.3 Å². The summed E-state index contributed by atoms with van der Waals surface area (Å²) in [6.07, 6.45) is 0.321. The van der Waals surface area contributed by atoms with Crippen LogP contribution in [0.1, 0.15) is 16.8 Å². The Balaban J connectivity index is 1.58. The third-order valence-electron chi connectivity index (χ3n) is 4.24. The molecule has 30 heavy (non-hydrogen) atoms. The van der Waals surface area contributed by atoms with Gasteiger partial charge >= 0.3 is 0 Å². The number of aromatic nitrogens is 3. The summed E-state index contributed by atoms with van der Waals surface area (Å²) in [6.45, 7) is -0.0521. The zero-order valence-electron chi connectivity index (χ0n) is 15.9. The highest BCUT2D eigenvalue weighted by molar-refractivity contribution is 7.15. The van der Waals surface area contributed by atoms with E-state index in [0.29, 0.717) is 12.3 Å². The molecule has 0 unspecified atom stereocenters. The predicted molar refractivity (Wildman–Crippen MR) is 112 cm³/mol. The molecular formula is C22H17N5O2S. The van der Waals surface area contributed by atoms with Gasteiger partial charge in [0.05, 0.1) is 23.1 Å². The number of amides is 1. The molecule has 0 spiro atoms. The van der Waals surface area contributed by atoms with E-state index in [0.717, 1.165) is 26.7 Å². The number of nitrogens with one attached hydrogen (secondary N) is 1. The summed E-state index contributed by atoms with van der Waals surface area (Å²) in [5, 5.41) is 19.8. The average molecular weight is 415 g/mol. The van der Waals surface area contributed by atoms with Gasteiger partial charge in [0, 0.05) is 5.56 Å². The van der Waals surface area contributed by atoms with Crippen LogP contribution in [0.15, 0.2) is 65.1 Å². The number of carbonyl (C=O) groups is 1. The summed E-state index contributed by atoms with van der Waals surface area (Å²) < 4.78 is 5.60. The predicted octanol–water partition coefficient (Wildman–Crippen LogP) is 3.63. The lowest BCUT2D eigenvalue weighted by Crippen LogP contribution is -2.25. The molecule has 2 heterocycles. The Morgan fingerprint density at radius 1 is 1.00 bits per heavy atom. The molecule has 1 amide bonds. The highest BCUT2D eigenvalue weighted by Gasteiger charge is 2.17. The third kappa shape index (κ3) is 4.59. The maximum Gasteiger partial charge on any atom is 0.230 e. The van der Waals surface area contributed by atoms with Crippen molar-refractivity contribution in [2.24, 2.45) is 0 Å². The van der Waals surface area contributed by atoms with E-state index in [1.807, 2.05) is 54.6 Å². The van der Waals surface area contributed by atoms with Crippen molar-refractivity contribution in [3.8, 4) is 27.8 Å². The summed E-state index contributed by atoms with van der Waals surface area (Å²) in [6, 6.07) is 22.0. The molecule has 0 aliphatic carbocycles. The fourth-order valence-corrected chi connectivity index (χ4v) is 4.00. The summed E-state index contributed by atoms with van der Waals surface area (Å²) >= 11 is 1.58. The van der Waals surface area contributed by atoms with Crippen molar-refractivity contribution in [1.82, 2.24) is 20.5 Å². The Morgan fingerprint density at radius 3 is 2.37 bits per heavy atom. The first-order chi connectivity index (χ1) is 14.7. The zero-order valence-corrected chi connectivity index (χ0v) is 16.7. The van der Waals surface area contributed by atoms with Crippen molar-refractivity contribution in [2.45, 2.75) is 12.8 Å². The van der Waals surface area contributed by atoms with E-state index in [9.17, 15) is 4.79 Å². The monoisotopic (exact) mass is 415 g/mol. The Labute approximate surface area is 177 Å². The average Bonchev–Trinajstić information content (AvgIpc) is 3.40. The largest absolute Gasteiger partial charge is 0.424 e. The summed E-state index contributed by atoms with van der Waals surface area (Å²) in [7, 11) is 0. The van der Waals surface area contributed by atoms with E-state index in [2.05, 4.69) is 27.6 Å². The fourth-order valence-electron chi connectivity index (χ4n) is 2.92. The first-order valence-corrected chi connectivity index (χ1v) is 10.1. The number of hydrogen-bond acceptors (Lipinski definition) is 7. The van der Waals surface area contributed by atoms with Gasteiger partial charge in [-0.15, -0.1) is 21.5 Å². The molecule has 4 aromatic rings. The second kappa shape index (κ2) is 9.11. The van der Waals surface area contributed by atoms with Crippen LogP contribution in [0.3, 0.4) is 0 Å². The molecular weight excluding hydrogens is 398 g/mol. The lowest BCUT2D eigenvalue weighted by atomic mass is 10.1. The molecule has 0 fully saturated rings. The highest BCUT2D eigenvalue weighted by Crippen LogP contribution is 2.37. The molecule has 0 saturated heterocycles. The van der Waals surface area contributed by atoms with Crippen LogP contribution in [0.25, 0.3) is 21.7 Å². The number of thiazole rings is 1. The van der Waals surface area contributed by atoms with Crippen molar-refractivity contribution in [3.05, 3.63) is 77.5 Å². The molecule has 4 rings (SSSR count). The Kier molecular flexibility index (Phi) is 5.92. The lowest BCUT2D eigenvalue weighted by molar-refractivity contribution is -0.120. The minimum Gasteiger partial charge on any atom is -0.424 e. The van der Waals surface area contributed by atoms with Gasteiger partial charge < -0.3 is 9.73 Å². The lowest BCUT2D eigenvalue weighted by Gasteiger charge is -2.02. The standard InChI is InChI=1S/C22H17N5O2S/c23-11-12-24-17(28)13-18-26-27-19(29-18)14-20-25-21(15-7-3-1-4-8-15)22(30-20)16-9-5-2-6-10-16/h1-10H,12-14H2,(H,24,28). The number of carbonyl (C=O) groups excluding carboxylic acids is 1. The van der Waals surface area contributed by atoms with E-state index in [-0.39, 0.29) is 24.8 Å². The fraction of sp³-hybridized carbons (Fsp3) is 0.136. The first kappa shape index (κ1) is 19.5. The van der Waals surface area contributed by atoms with E-state index < -0.39 is 0 Å². The van der Waals surface area contributed by atoms with Crippen LogP contribution in [0, 0.1) is 11.3 Å². The van der Waals surface area contributed by atoms with Gasteiger partial charge in [-0.05, 0) is 5.56 Å². The maximum absolute atomic E-state index is 11.7. The number of rotatable bonds is 7. The SMILES string of the molecule is N#CCNC(=O)Cc1nnc(Cc2nc(-c3ccccc3)c(-c3ccccc3)s2)o1. The van der Waals surface area contributed by atoms with Crippen LogP contribution in [-0.4, -0.2) is 27.6 Å². The van der Waals surface area contributed by atoms with E-state index >= 15 is 0 Å². The van der Waals surface area contributed by atoms with E-state index in [1.54, 1.807) is 11.3 Å². The van der Waals surface area contributed by atoms with Gasteiger partial charge in [0.25, 0.3) is 0 Å². The second-order valence-electron chi connectivity index (χ2n) is 6.40. The molecule has 1 N–H and O–H groups in total. The van der Waals surface area contributed by atoms with Gasteiger partial charge in [0.1, 0.15) is 18.0 Å². The third-order valence-corrected chi connectivity index (χ3v) is 5.35. The quantitative estimate of drug-likeness (QED) is 0.462. The molecule has 8 heteroatoms. The summed E-state index contributed by atoms with van der Waals surface area (Å²) in [5.74, 6) is 0.272. The van der Waals surface area contributed by atoms with Crippen LogP contribution < -0.4 is 5.32 Å². The Hall–Kier alpha value is -3.83. The molecule has 2 aromatic heterocycles. The normalized spacial score (nSPS) is 10.5.